The number of aromatic nitrogens is 3. The van der Waals surface area contributed by atoms with E-state index >= 15 is 0 Å². The first-order valence-corrected chi connectivity index (χ1v) is 5.59. The Bertz CT molecular complexity index is 452. The third-order valence-electron chi connectivity index (χ3n) is 1.99. The van der Waals surface area contributed by atoms with Crippen LogP contribution in [0.1, 0.15) is 11.4 Å². The summed E-state index contributed by atoms with van der Waals surface area (Å²) < 4.78 is 0. The van der Waals surface area contributed by atoms with Gasteiger partial charge in [-0.1, -0.05) is 30.0 Å². The van der Waals surface area contributed by atoms with Crippen LogP contribution in [0.25, 0.3) is 0 Å². The molecular formula is C10H12N4S. The maximum atomic E-state index is 5.83. The highest BCUT2D eigenvalue weighted by Gasteiger charge is 2.03. The molecule has 1 aromatic carbocycles. The molecule has 0 unspecified atom stereocenters. The topological polar surface area (TPSA) is 67.6 Å². The Labute approximate surface area is 92.3 Å². The van der Waals surface area contributed by atoms with E-state index in [1.807, 2.05) is 31.2 Å². The van der Waals surface area contributed by atoms with Crippen molar-refractivity contribution >= 4 is 17.4 Å². The minimum absolute atomic E-state index is 0.760. The molecule has 0 spiro atoms. The number of nitrogens with one attached hydrogen (secondary N) is 1. The predicted molar refractivity (Wildman–Crippen MR) is 61.5 cm³/mol. The number of nitrogens with two attached hydrogens (primary N) is 1. The maximum Gasteiger partial charge on any atom is 0.208 e. The van der Waals surface area contributed by atoms with Crippen LogP contribution >= 0.6 is 11.8 Å². The Morgan fingerprint density at radius 3 is 2.87 bits per heavy atom. The second-order valence-electron chi connectivity index (χ2n) is 3.19. The predicted octanol–water partition coefficient (Wildman–Crippen LogP) is 1.99. The molecule has 78 valence electrons. The van der Waals surface area contributed by atoms with Crippen LogP contribution in [-0.2, 0) is 5.75 Å². The summed E-state index contributed by atoms with van der Waals surface area (Å²) in [5.74, 6) is 1.63. The Hall–Kier alpha value is -1.49. The van der Waals surface area contributed by atoms with Crippen molar-refractivity contribution in [3.8, 4) is 0 Å². The summed E-state index contributed by atoms with van der Waals surface area (Å²) in [5, 5.41) is 7.61. The zero-order chi connectivity index (χ0) is 10.7. The van der Waals surface area contributed by atoms with Crippen LogP contribution in [0, 0.1) is 6.92 Å². The van der Waals surface area contributed by atoms with Gasteiger partial charge in [0.1, 0.15) is 5.82 Å². The summed E-state index contributed by atoms with van der Waals surface area (Å²) in [5.41, 5.74) is 7.76. The van der Waals surface area contributed by atoms with E-state index in [2.05, 4.69) is 15.2 Å². The first kappa shape index (κ1) is 10.0. The highest BCUT2D eigenvalue weighted by molar-refractivity contribution is 7.98. The van der Waals surface area contributed by atoms with Crippen LogP contribution in [0.15, 0.2) is 29.4 Å². The third kappa shape index (κ3) is 2.50. The Kier molecular flexibility index (Phi) is 2.91. The molecule has 1 aromatic heterocycles. The van der Waals surface area contributed by atoms with Gasteiger partial charge in [-0.15, -0.1) is 5.10 Å². The lowest BCUT2D eigenvalue weighted by molar-refractivity contribution is 0.969. The molecule has 15 heavy (non-hydrogen) atoms. The fourth-order valence-corrected chi connectivity index (χ4v) is 2.05. The van der Waals surface area contributed by atoms with Crippen LogP contribution in [0.2, 0.25) is 0 Å². The van der Waals surface area contributed by atoms with E-state index in [0.717, 1.165) is 28.0 Å². The molecule has 0 fully saturated rings. The molecule has 5 heteroatoms. The number of para-hydroxylation sites is 1. The normalized spacial score (nSPS) is 10.5. The second kappa shape index (κ2) is 4.35. The summed E-state index contributed by atoms with van der Waals surface area (Å²) in [6.45, 7) is 1.88. The van der Waals surface area contributed by atoms with Gasteiger partial charge in [-0.2, -0.15) is 0 Å². The molecular weight excluding hydrogens is 208 g/mol. The summed E-state index contributed by atoms with van der Waals surface area (Å²) in [6, 6.07) is 7.83. The molecule has 0 bridgehead atoms. The van der Waals surface area contributed by atoms with Crippen LogP contribution in [-0.4, -0.2) is 15.2 Å². The fraction of sp³-hybridized carbons (Fsp3) is 0.200. The number of aromatic amines is 1. The Morgan fingerprint density at radius 2 is 2.20 bits per heavy atom. The monoisotopic (exact) mass is 220 g/mol. The molecule has 0 saturated heterocycles. The highest BCUT2D eigenvalue weighted by Crippen LogP contribution is 2.22. The van der Waals surface area contributed by atoms with Crippen molar-refractivity contribution in [3.63, 3.8) is 0 Å². The zero-order valence-corrected chi connectivity index (χ0v) is 9.21. The number of hydrogen-bond donors (Lipinski definition) is 2. The molecule has 3 N–H and O–H groups in total. The summed E-state index contributed by atoms with van der Waals surface area (Å²) >= 11 is 1.58. The van der Waals surface area contributed by atoms with Gasteiger partial charge in [0.15, 0.2) is 0 Å². The molecule has 0 aliphatic rings. The van der Waals surface area contributed by atoms with Crippen molar-refractivity contribution in [2.45, 2.75) is 17.8 Å². The molecule has 4 nitrogen and oxygen atoms in total. The van der Waals surface area contributed by atoms with Gasteiger partial charge in [0.05, 0.1) is 0 Å². The van der Waals surface area contributed by atoms with Crippen molar-refractivity contribution < 1.29 is 0 Å². The smallest absolute Gasteiger partial charge is 0.208 e. The molecule has 0 aliphatic heterocycles. The number of anilines is 1. The lowest BCUT2D eigenvalue weighted by atomic mass is 10.2. The number of nitrogen functional groups attached to an aromatic ring is 1. The van der Waals surface area contributed by atoms with E-state index in [9.17, 15) is 0 Å². The van der Waals surface area contributed by atoms with Crippen LogP contribution < -0.4 is 5.73 Å². The zero-order valence-electron chi connectivity index (χ0n) is 8.40. The van der Waals surface area contributed by atoms with Crippen molar-refractivity contribution in [1.82, 2.24) is 15.2 Å². The van der Waals surface area contributed by atoms with E-state index in [0.29, 0.717) is 0 Å². The largest absolute Gasteiger partial charge is 0.398 e. The van der Waals surface area contributed by atoms with Crippen LogP contribution in [0.5, 0.6) is 0 Å². The quantitative estimate of drug-likeness (QED) is 0.613. The van der Waals surface area contributed by atoms with Crippen LogP contribution in [0.4, 0.5) is 5.69 Å². The number of benzene rings is 1. The Balaban J connectivity index is 2.02. The fourth-order valence-electron chi connectivity index (χ4n) is 1.19. The van der Waals surface area contributed by atoms with E-state index in [1.165, 1.54) is 0 Å². The van der Waals surface area contributed by atoms with Crippen molar-refractivity contribution in [2.75, 3.05) is 5.73 Å². The number of thioether (sulfide) groups is 1. The average molecular weight is 220 g/mol. The van der Waals surface area contributed by atoms with E-state index in [4.69, 9.17) is 5.73 Å². The van der Waals surface area contributed by atoms with Gasteiger partial charge in [-0.25, -0.2) is 4.98 Å². The van der Waals surface area contributed by atoms with Gasteiger partial charge in [0, 0.05) is 11.4 Å². The van der Waals surface area contributed by atoms with Crippen LogP contribution in [0.3, 0.4) is 0 Å². The molecule has 2 aromatic rings. The maximum absolute atomic E-state index is 5.83. The molecule has 0 radical (unpaired) electrons. The third-order valence-corrected chi connectivity index (χ3v) is 2.88. The Morgan fingerprint density at radius 1 is 1.40 bits per heavy atom. The second-order valence-corrected chi connectivity index (χ2v) is 4.13. The first-order chi connectivity index (χ1) is 7.25. The van der Waals surface area contributed by atoms with E-state index in [1.54, 1.807) is 11.8 Å². The number of aryl methyl sites for hydroxylation is 1. The first-order valence-electron chi connectivity index (χ1n) is 4.61. The lowest BCUT2D eigenvalue weighted by Crippen LogP contribution is -1.91. The minimum Gasteiger partial charge on any atom is -0.398 e. The molecule has 0 atom stereocenters. The SMILES string of the molecule is Cc1nc(SCc2ccccc2N)n[nH]1. The van der Waals surface area contributed by atoms with Gasteiger partial charge >= 0.3 is 0 Å². The van der Waals surface area contributed by atoms with E-state index in [-0.39, 0.29) is 0 Å². The van der Waals surface area contributed by atoms with Gasteiger partial charge in [0.2, 0.25) is 5.16 Å². The van der Waals surface area contributed by atoms with Gasteiger partial charge in [0.25, 0.3) is 0 Å². The standard InChI is InChI=1S/C10H12N4S/c1-7-12-10(14-13-7)15-6-8-4-2-3-5-9(8)11/h2-5H,6,11H2,1H3,(H,12,13,14). The van der Waals surface area contributed by atoms with Crippen molar-refractivity contribution in [1.29, 1.82) is 0 Å². The summed E-state index contributed by atoms with van der Waals surface area (Å²) in [7, 11) is 0. The average Bonchev–Trinajstić information content (AvgIpc) is 2.63. The summed E-state index contributed by atoms with van der Waals surface area (Å²) in [4.78, 5) is 4.21. The molecule has 1 heterocycles. The number of H-pyrrole nitrogens is 1. The molecule has 2 rings (SSSR count). The number of hydrogen-bond acceptors (Lipinski definition) is 4. The van der Waals surface area contributed by atoms with E-state index < -0.39 is 0 Å². The van der Waals surface area contributed by atoms with Gasteiger partial charge in [-0.3, -0.25) is 5.10 Å². The van der Waals surface area contributed by atoms with Crippen molar-refractivity contribution in [3.05, 3.63) is 35.7 Å². The van der Waals surface area contributed by atoms with Gasteiger partial charge < -0.3 is 5.73 Å². The van der Waals surface area contributed by atoms with Crippen molar-refractivity contribution in [2.24, 2.45) is 0 Å². The highest BCUT2D eigenvalue weighted by atomic mass is 32.2. The van der Waals surface area contributed by atoms with Gasteiger partial charge in [-0.05, 0) is 18.6 Å². The number of rotatable bonds is 3. The number of nitrogens with zero attached hydrogens (tertiary/aromatic N) is 2. The molecule has 0 amide bonds. The lowest BCUT2D eigenvalue weighted by Gasteiger charge is -2.02. The molecule has 0 saturated carbocycles. The summed E-state index contributed by atoms with van der Waals surface area (Å²) in [6.07, 6.45) is 0. The molecule has 0 aliphatic carbocycles. The minimum atomic E-state index is 0.760.